The van der Waals surface area contributed by atoms with Crippen LogP contribution in [0.5, 0.6) is 0 Å². The summed E-state index contributed by atoms with van der Waals surface area (Å²) in [5.41, 5.74) is 0.316. The Kier molecular flexibility index (Phi) is 3.60. The summed E-state index contributed by atoms with van der Waals surface area (Å²) in [6.45, 7) is 0. The summed E-state index contributed by atoms with van der Waals surface area (Å²) in [6, 6.07) is 10.9. The number of hydrogen-bond acceptors (Lipinski definition) is 1. The second kappa shape index (κ2) is 4.98. The quantitative estimate of drug-likeness (QED) is 0.748. The van der Waals surface area contributed by atoms with Crippen LogP contribution in [0.25, 0.3) is 0 Å². The van der Waals surface area contributed by atoms with Gasteiger partial charge in [0, 0.05) is 10.0 Å². The molecular formula is C13H7BrClFO. The van der Waals surface area contributed by atoms with Crippen LogP contribution >= 0.6 is 27.5 Å². The Morgan fingerprint density at radius 2 is 1.82 bits per heavy atom. The minimum atomic E-state index is -0.565. The fourth-order valence-electron chi connectivity index (χ4n) is 1.46. The van der Waals surface area contributed by atoms with Crippen LogP contribution in [0.2, 0.25) is 5.02 Å². The van der Waals surface area contributed by atoms with Gasteiger partial charge in [0.05, 0.1) is 10.6 Å². The first kappa shape index (κ1) is 12.3. The first-order valence-electron chi connectivity index (χ1n) is 4.84. The van der Waals surface area contributed by atoms with Crippen molar-refractivity contribution in [1.82, 2.24) is 0 Å². The normalized spacial score (nSPS) is 10.3. The van der Waals surface area contributed by atoms with E-state index in [9.17, 15) is 9.18 Å². The molecule has 0 amide bonds. The summed E-state index contributed by atoms with van der Waals surface area (Å²) < 4.78 is 14.2. The zero-order valence-corrected chi connectivity index (χ0v) is 10.9. The molecule has 0 unspecified atom stereocenters. The molecule has 0 fully saturated rings. The van der Waals surface area contributed by atoms with Crippen LogP contribution in [0.4, 0.5) is 4.39 Å². The Morgan fingerprint density at radius 3 is 2.47 bits per heavy atom. The molecule has 0 aliphatic rings. The van der Waals surface area contributed by atoms with Gasteiger partial charge in [-0.2, -0.15) is 0 Å². The van der Waals surface area contributed by atoms with Gasteiger partial charge in [-0.25, -0.2) is 4.39 Å². The molecule has 0 saturated heterocycles. The highest BCUT2D eigenvalue weighted by Gasteiger charge is 2.16. The van der Waals surface area contributed by atoms with Gasteiger partial charge in [-0.3, -0.25) is 4.79 Å². The second-order valence-electron chi connectivity index (χ2n) is 3.43. The van der Waals surface area contributed by atoms with Gasteiger partial charge in [0.2, 0.25) is 0 Å². The first-order chi connectivity index (χ1) is 8.09. The lowest BCUT2D eigenvalue weighted by Crippen LogP contribution is -2.04. The Labute approximate surface area is 111 Å². The summed E-state index contributed by atoms with van der Waals surface area (Å²) in [5.74, 6) is -0.982. The van der Waals surface area contributed by atoms with Crippen LogP contribution in [-0.2, 0) is 0 Å². The Bertz CT molecular complexity index is 583. The molecule has 0 spiro atoms. The maximum Gasteiger partial charge on any atom is 0.197 e. The van der Waals surface area contributed by atoms with Crippen molar-refractivity contribution < 1.29 is 9.18 Å². The topological polar surface area (TPSA) is 17.1 Å². The number of halogens is 3. The van der Waals surface area contributed by atoms with E-state index >= 15 is 0 Å². The van der Waals surface area contributed by atoms with Crippen LogP contribution in [-0.4, -0.2) is 5.78 Å². The smallest absolute Gasteiger partial charge is 0.197 e. The lowest BCUT2D eigenvalue weighted by molar-refractivity contribution is 0.103. The van der Waals surface area contributed by atoms with E-state index in [1.165, 1.54) is 12.1 Å². The van der Waals surface area contributed by atoms with Crippen molar-refractivity contribution in [1.29, 1.82) is 0 Å². The van der Waals surface area contributed by atoms with Crippen LogP contribution in [0.3, 0.4) is 0 Å². The van der Waals surface area contributed by atoms with Gasteiger partial charge in [-0.1, -0.05) is 39.7 Å². The third-order valence-electron chi connectivity index (χ3n) is 2.29. The minimum Gasteiger partial charge on any atom is -0.288 e. The zero-order chi connectivity index (χ0) is 12.4. The molecule has 0 aromatic heterocycles. The van der Waals surface area contributed by atoms with Crippen LogP contribution in [0.15, 0.2) is 46.9 Å². The maximum absolute atomic E-state index is 13.6. The van der Waals surface area contributed by atoms with E-state index in [0.29, 0.717) is 15.1 Å². The number of rotatable bonds is 2. The fourth-order valence-corrected chi connectivity index (χ4v) is 2.02. The van der Waals surface area contributed by atoms with Crippen LogP contribution < -0.4 is 0 Å². The van der Waals surface area contributed by atoms with Crippen molar-refractivity contribution in [3.8, 4) is 0 Å². The molecule has 0 heterocycles. The second-order valence-corrected chi connectivity index (χ2v) is 4.76. The summed E-state index contributed by atoms with van der Waals surface area (Å²) in [4.78, 5) is 12.1. The molecule has 2 rings (SSSR count). The highest BCUT2D eigenvalue weighted by molar-refractivity contribution is 9.10. The number of carbonyl (C=O) groups excluding carboxylic acids is 1. The van der Waals surface area contributed by atoms with E-state index in [1.807, 2.05) is 0 Å². The molecule has 0 N–H and O–H groups in total. The Morgan fingerprint density at radius 1 is 1.12 bits per heavy atom. The molecule has 0 aliphatic heterocycles. The van der Waals surface area contributed by atoms with Crippen LogP contribution in [0, 0.1) is 5.82 Å². The number of benzene rings is 2. The van der Waals surface area contributed by atoms with Gasteiger partial charge in [0.15, 0.2) is 5.78 Å². The van der Waals surface area contributed by atoms with Crippen molar-refractivity contribution in [3.63, 3.8) is 0 Å². The third kappa shape index (κ3) is 2.56. The lowest BCUT2D eigenvalue weighted by Gasteiger charge is -2.04. The lowest BCUT2D eigenvalue weighted by atomic mass is 10.0. The van der Waals surface area contributed by atoms with Crippen molar-refractivity contribution in [2.24, 2.45) is 0 Å². The maximum atomic E-state index is 13.6. The standard InChI is InChI=1S/C13H7BrClFO/c14-8-5-6-10(12(16)7-8)13(17)9-3-1-2-4-11(9)15/h1-7H. The SMILES string of the molecule is O=C(c1ccc(Br)cc1F)c1ccccc1Cl. The summed E-state index contributed by atoms with van der Waals surface area (Å²) in [5, 5.41) is 0.319. The molecule has 0 saturated carbocycles. The van der Waals surface area contributed by atoms with E-state index in [0.717, 1.165) is 0 Å². The molecule has 0 atom stereocenters. The predicted octanol–water partition coefficient (Wildman–Crippen LogP) is 4.47. The average Bonchev–Trinajstić information content (AvgIpc) is 2.29. The van der Waals surface area contributed by atoms with Gasteiger partial charge in [0.1, 0.15) is 5.82 Å². The monoisotopic (exact) mass is 312 g/mol. The largest absolute Gasteiger partial charge is 0.288 e. The average molecular weight is 314 g/mol. The van der Waals surface area contributed by atoms with E-state index in [4.69, 9.17) is 11.6 Å². The highest BCUT2D eigenvalue weighted by atomic mass is 79.9. The molecule has 2 aromatic carbocycles. The number of carbonyl (C=O) groups is 1. The highest BCUT2D eigenvalue weighted by Crippen LogP contribution is 2.22. The predicted molar refractivity (Wildman–Crippen MR) is 69.0 cm³/mol. The molecule has 0 radical (unpaired) electrons. The molecule has 0 bridgehead atoms. The van der Waals surface area contributed by atoms with E-state index < -0.39 is 11.6 Å². The van der Waals surface area contributed by atoms with Crippen LogP contribution in [0.1, 0.15) is 15.9 Å². The molecule has 0 aliphatic carbocycles. The van der Waals surface area contributed by atoms with Crippen molar-refractivity contribution in [3.05, 3.63) is 68.9 Å². The van der Waals surface area contributed by atoms with Gasteiger partial charge >= 0.3 is 0 Å². The van der Waals surface area contributed by atoms with Crippen molar-refractivity contribution >= 4 is 33.3 Å². The molecule has 17 heavy (non-hydrogen) atoms. The summed E-state index contributed by atoms with van der Waals surface area (Å²) in [6.07, 6.45) is 0. The summed E-state index contributed by atoms with van der Waals surface area (Å²) in [7, 11) is 0. The molecular weight excluding hydrogens is 306 g/mol. The van der Waals surface area contributed by atoms with E-state index in [-0.39, 0.29) is 5.56 Å². The number of ketones is 1. The zero-order valence-electron chi connectivity index (χ0n) is 8.58. The van der Waals surface area contributed by atoms with Crippen molar-refractivity contribution in [2.45, 2.75) is 0 Å². The number of hydrogen-bond donors (Lipinski definition) is 0. The molecule has 86 valence electrons. The first-order valence-corrected chi connectivity index (χ1v) is 6.01. The fraction of sp³-hybridized carbons (Fsp3) is 0. The van der Waals surface area contributed by atoms with Gasteiger partial charge in [-0.05, 0) is 30.3 Å². The Hall–Kier alpha value is -1.19. The molecule has 1 nitrogen and oxygen atoms in total. The minimum absolute atomic E-state index is 0.0151. The van der Waals surface area contributed by atoms with Crippen molar-refractivity contribution in [2.75, 3.05) is 0 Å². The molecule has 2 aromatic rings. The Balaban J connectivity index is 2.48. The van der Waals surface area contributed by atoms with Gasteiger partial charge < -0.3 is 0 Å². The molecule has 4 heteroatoms. The summed E-state index contributed by atoms with van der Waals surface area (Å²) >= 11 is 9.04. The third-order valence-corrected chi connectivity index (χ3v) is 3.12. The van der Waals surface area contributed by atoms with Gasteiger partial charge in [-0.15, -0.1) is 0 Å². The van der Waals surface area contributed by atoms with E-state index in [1.54, 1.807) is 30.3 Å². The van der Waals surface area contributed by atoms with E-state index in [2.05, 4.69) is 15.9 Å². The van der Waals surface area contributed by atoms with Gasteiger partial charge in [0.25, 0.3) is 0 Å².